The highest BCUT2D eigenvalue weighted by molar-refractivity contribution is 7.14. The standard InChI is InChI=1S/C20H35N5S/c1-4-21-20(22-15-18-7-5-9-25(16-18)17(2)3)24-12-10-23(11-13-24)19-8-6-14-26-19/h6,8,14,17-18H,4-5,7,9-13,15-16H2,1-3H3,(H,21,22). The van der Waals surface area contributed by atoms with Crippen molar-refractivity contribution < 1.29 is 0 Å². The van der Waals surface area contributed by atoms with Gasteiger partial charge in [0.25, 0.3) is 0 Å². The Balaban J connectivity index is 1.54. The zero-order chi connectivity index (χ0) is 18.4. The van der Waals surface area contributed by atoms with Crippen molar-refractivity contribution >= 4 is 22.3 Å². The Bertz CT molecular complexity index is 549. The van der Waals surface area contributed by atoms with Gasteiger partial charge in [-0.3, -0.25) is 4.99 Å². The van der Waals surface area contributed by atoms with E-state index in [4.69, 9.17) is 4.99 Å². The molecule has 1 N–H and O–H groups in total. The van der Waals surface area contributed by atoms with Gasteiger partial charge in [-0.2, -0.15) is 0 Å². The number of likely N-dealkylation sites (tertiary alicyclic amines) is 1. The van der Waals surface area contributed by atoms with Crippen LogP contribution in [0.2, 0.25) is 0 Å². The maximum absolute atomic E-state index is 5.03. The molecule has 1 unspecified atom stereocenters. The van der Waals surface area contributed by atoms with Crippen molar-refractivity contribution in [2.24, 2.45) is 10.9 Å². The van der Waals surface area contributed by atoms with Gasteiger partial charge in [0.05, 0.1) is 5.00 Å². The van der Waals surface area contributed by atoms with Gasteiger partial charge >= 0.3 is 0 Å². The van der Waals surface area contributed by atoms with Gasteiger partial charge in [-0.05, 0) is 63.6 Å². The van der Waals surface area contributed by atoms with Crippen molar-refractivity contribution in [3.8, 4) is 0 Å². The fraction of sp³-hybridized carbons (Fsp3) is 0.750. The molecule has 6 heteroatoms. The van der Waals surface area contributed by atoms with Crippen molar-refractivity contribution in [3.05, 3.63) is 17.5 Å². The summed E-state index contributed by atoms with van der Waals surface area (Å²) in [6.07, 6.45) is 2.63. The number of thiophene rings is 1. The molecule has 3 rings (SSSR count). The molecule has 0 amide bonds. The Morgan fingerprint density at radius 3 is 2.73 bits per heavy atom. The summed E-state index contributed by atoms with van der Waals surface area (Å²) in [7, 11) is 0. The molecule has 3 heterocycles. The van der Waals surface area contributed by atoms with Gasteiger partial charge < -0.3 is 20.0 Å². The highest BCUT2D eigenvalue weighted by atomic mass is 32.1. The summed E-state index contributed by atoms with van der Waals surface area (Å²) in [4.78, 5) is 12.6. The first-order valence-electron chi connectivity index (χ1n) is 10.2. The summed E-state index contributed by atoms with van der Waals surface area (Å²) in [5.74, 6) is 1.81. The first-order chi connectivity index (χ1) is 12.7. The van der Waals surface area contributed by atoms with Crippen molar-refractivity contribution in [1.82, 2.24) is 15.1 Å². The molecule has 1 atom stereocenters. The largest absolute Gasteiger partial charge is 0.360 e. The van der Waals surface area contributed by atoms with Crippen LogP contribution >= 0.6 is 11.3 Å². The number of piperazine rings is 1. The highest BCUT2D eigenvalue weighted by Gasteiger charge is 2.23. The minimum absolute atomic E-state index is 0.653. The Morgan fingerprint density at radius 1 is 1.27 bits per heavy atom. The molecular weight excluding hydrogens is 342 g/mol. The third kappa shape index (κ3) is 5.13. The molecule has 2 aliphatic heterocycles. The van der Waals surface area contributed by atoms with Crippen molar-refractivity contribution in [3.63, 3.8) is 0 Å². The minimum atomic E-state index is 0.653. The second-order valence-corrected chi connectivity index (χ2v) is 8.64. The summed E-state index contributed by atoms with van der Waals surface area (Å²) in [5, 5.41) is 7.08. The molecule has 5 nitrogen and oxygen atoms in total. The fourth-order valence-electron chi connectivity index (χ4n) is 3.95. The van der Waals surface area contributed by atoms with Crippen LogP contribution in [0.5, 0.6) is 0 Å². The summed E-state index contributed by atoms with van der Waals surface area (Å²) >= 11 is 1.84. The van der Waals surface area contributed by atoms with Crippen LogP contribution in [-0.2, 0) is 0 Å². The van der Waals surface area contributed by atoms with Crippen LogP contribution in [0.25, 0.3) is 0 Å². The SMILES string of the molecule is CCNC(=NCC1CCCN(C(C)C)C1)N1CCN(c2cccs2)CC1. The van der Waals surface area contributed by atoms with E-state index in [2.05, 4.69) is 58.3 Å². The van der Waals surface area contributed by atoms with Crippen LogP contribution in [-0.4, -0.2) is 74.2 Å². The van der Waals surface area contributed by atoms with Gasteiger partial charge in [-0.15, -0.1) is 11.3 Å². The second kappa shape index (κ2) is 9.60. The van der Waals surface area contributed by atoms with Gasteiger partial charge in [0.1, 0.15) is 0 Å². The number of aliphatic imine (C=N–C) groups is 1. The first-order valence-corrected chi connectivity index (χ1v) is 11.1. The fourth-order valence-corrected chi connectivity index (χ4v) is 4.73. The molecule has 1 aromatic rings. The minimum Gasteiger partial charge on any atom is -0.360 e. The molecule has 2 aliphatic rings. The zero-order valence-electron chi connectivity index (χ0n) is 16.7. The van der Waals surface area contributed by atoms with Crippen molar-refractivity contribution in [2.75, 3.05) is 57.3 Å². The maximum Gasteiger partial charge on any atom is 0.194 e. The summed E-state index contributed by atoms with van der Waals surface area (Å²) < 4.78 is 0. The Kier molecular flexibility index (Phi) is 7.20. The van der Waals surface area contributed by atoms with E-state index in [0.717, 1.165) is 45.2 Å². The van der Waals surface area contributed by atoms with E-state index in [1.165, 1.54) is 30.9 Å². The maximum atomic E-state index is 5.03. The summed E-state index contributed by atoms with van der Waals surface area (Å²) in [5.41, 5.74) is 0. The van der Waals surface area contributed by atoms with Crippen LogP contribution in [0.3, 0.4) is 0 Å². The van der Waals surface area contributed by atoms with Gasteiger partial charge in [-0.1, -0.05) is 0 Å². The Morgan fingerprint density at radius 2 is 2.08 bits per heavy atom. The highest BCUT2D eigenvalue weighted by Crippen LogP contribution is 2.22. The smallest absolute Gasteiger partial charge is 0.194 e. The van der Waals surface area contributed by atoms with E-state index in [0.29, 0.717) is 12.0 Å². The number of piperidine rings is 1. The lowest BCUT2D eigenvalue weighted by Gasteiger charge is -2.37. The van der Waals surface area contributed by atoms with Gasteiger partial charge in [-0.25, -0.2) is 0 Å². The number of hydrogen-bond acceptors (Lipinski definition) is 4. The molecule has 0 spiro atoms. The monoisotopic (exact) mass is 377 g/mol. The molecule has 0 radical (unpaired) electrons. The van der Waals surface area contributed by atoms with Gasteiger partial charge in [0.15, 0.2) is 5.96 Å². The Labute approximate surface area is 163 Å². The first kappa shape index (κ1) is 19.5. The number of guanidine groups is 1. The molecule has 2 fully saturated rings. The predicted octanol–water partition coefficient (Wildman–Crippen LogP) is 2.96. The molecule has 0 saturated carbocycles. The molecule has 1 aromatic heterocycles. The number of nitrogens with one attached hydrogen (secondary N) is 1. The van der Waals surface area contributed by atoms with Crippen LogP contribution in [0.1, 0.15) is 33.6 Å². The van der Waals surface area contributed by atoms with E-state index < -0.39 is 0 Å². The number of rotatable bonds is 5. The molecule has 0 bridgehead atoms. The number of anilines is 1. The van der Waals surface area contributed by atoms with E-state index in [1.54, 1.807) is 0 Å². The predicted molar refractivity (Wildman–Crippen MR) is 114 cm³/mol. The van der Waals surface area contributed by atoms with E-state index in [9.17, 15) is 0 Å². The van der Waals surface area contributed by atoms with Crippen LogP contribution in [0.4, 0.5) is 5.00 Å². The van der Waals surface area contributed by atoms with Gasteiger partial charge in [0, 0.05) is 51.9 Å². The molecular formula is C20H35N5S. The lowest BCUT2D eigenvalue weighted by molar-refractivity contribution is 0.143. The van der Waals surface area contributed by atoms with Crippen LogP contribution in [0, 0.1) is 5.92 Å². The van der Waals surface area contributed by atoms with E-state index >= 15 is 0 Å². The number of nitrogens with zero attached hydrogens (tertiary/aromatic N) is 4. The van der Waals surface area contributed by atoms with Crippen molar-refractivity contribution in [2.45, 2.75) is 39.7 Å². The van der Waals surface area contributed by atoms with Crippen LogP contribution < -0.4 is 10.2 Å². The molecule has 0 aromatic carbocycles. The van der Waals surface area contributed by atoms with Crippen molar-refractivity contribution in [1.29, 1.82) is 0 Å². The average molecular weight is 378 g/mol. The molecule has 0 aliphatic carbocycles. The van der Waals surface area contributed by atoms with Gasteiger partial charge in [0.2, 0.25) is 0 Å². The molecule has 26 heavy (non-hydrogen) atoms. The third-order valence-corrected chi connectivity index (χ3v) is 6.44. The molecule has 2 saturated heterocycles. The third-order valence-electron chi connectivity index (χ3n) is 5.51. The lowest BCUT2D eigenvalue weighted by atomic mass is 9.97. The number of hydrogen-bond donors (Lipinski definition) is 1. The Hall–Kier alpha value is -1.27. The molecule has 146 valence electrons. The lowest BCUT2D eigenvalue weighted by Crippen LogP contribution is -2.52. The van der Waals surface area contributed by atoms with E-state index in [-0.39, 0.29) is 0 Å². The quantitative estimate of drug-likeness (QED) is 0.632. The normalized spacial score (nSPS) is 22.9. The summed E-state index contributed by atoms with van der Waals surface area (Å²) in [6.45, 7) is 15.4. The summed E-state index contributed by atoms with van der Waals surface area (Å²) in [6, 6.07) is 5.02. The second-order valence-electron chi connectivity index (χ2n) is 7.72. The van der Waals surface area contributed by atoms with Crippen LogP contribution in [0.15, 0.2) is 22.5 Å². The topological polar surface area (TPSA) is 34.1 Å². The van der Waals surface area contributed by atoms with E-state index in [1.807, 2.05) is 11.3 Å². The average Bonchev–Trinajstić information content (AvgIpc) is 3.20. The zero-order valence-corrected chi connectivity index (χ0v) is 17.5.